The number of hydrogen-bond donors (Lipinski definition) is 0. The molecule has 2 rings (SSSR count). The number of benzene rings is 1. The molecule has 1 fully saturated rings. The van der Waals surface area contributed by atoms with Crippen LogP contribution in [0.4, 0.5) is 0 Å². The molecule has 1 unspecified atom stereocenters. The fourth-order valence-electron chi connectivity index (χ4n) is 1.60. The van der Waals surface area contributed by atoms with E-state index in [1.807, 2.05) is 18.2 Å². The minimum atomic E-state index is -0.0547. The molecule has 1 aromatic rings. The zero-order valence-corrected chi connectivity index (χ0v) is 7.40. The van der Waals surface area contributed by atoms with E-state index in [2.05, 4.69) is 12.1 Å². The average molecular weight is 177 g/mol. The molecule has 0 saturated carbocycles. The van der Waals surface area contributed by atoms with Gasteiger partial charge in [-0.15, -0.1) is 0 Å². The van der Waals surface area contributed by atoms with E-state index in [0.29, 0.717) is 6.42 Å². The summed E-state index contributed by atoms with van der Waals surface area (Å²) in [7, 11) is 0. The maximum atomic E-state index is 10.8. The molecule has 1 aliphatic rings. The predicted octanol–water partition coefficient (Wildman–Crippen LogP) is 1.93. The maximum absolute atomic E-state index is 10.8. The number of rotatable bonds is 2. The quantitative estimate of drug-likeness (QED) is 0.645. The van der Waals surface area contributed by atoms with Gasteiger partial charge in [0.2, 0.25) is 0 Å². The van der Waals surface area contributed by atoms with Crippen molar-refractivity contribution >= 4 is 5.97 Å². The normalized spacial score (nSPS) is 21.5. The van der Waals surface area contributed by atoms with Crippen LogP contribution in [0.15, 0.2) is 30.3 Å². The number of ether oxygens (including phenoxy) is 1. The molecule has 0 N–H and O–H groups in total. The van der Waals surface area contributed by atoms with Gasteiger partial charge in [-0.3, -0.25) is 4.79 Å². The Bertz CT molecular complexity index is 292. The third-order valence-corrected chi connectivity index (χ3v) is 2.27. The van der Waals surface area contributed by atoms with Gasteiger partial charge in [0.05, 0.1) is 0 Å². The highest BCUT2D eigenvalue weighted by Crippen LogP contribution is 2.17. The van der Waals surface area contributed by atoms with Gasteiger partial charge < -0.3 is 4.74 Å². The van der Waals surface area contributed by atoms with Crippen LogP contribution in [0.1, 0.15) is 18.4 Å². The van der Waals surface area contributed by atoms with Gasteiger partial charge in [-0.05, 0) is 12.0 Å². The molecule has 0 radical (unpaired) electrons. The first-order valence-electron chi connectivity index (χ1n) is 4.58. The third kappa shape index (κ3) is 2.08. The smallest absolute Gasteiger partial charge is 0.306 e. The van der Waals surface area contributed by atoms with Crippen LogP contribution in [0.25, 0.3) is 0 Å². The Hall–Kier alpha value is -1.31. The molecule has 0 amide bonds. The molecule has 2 nitrogen and oxygen atoms in total. The second kappa shape index (κ2) is 3.60. The second-order valence-corrected chi connectivity index (χ2v) is 3.34. The molecule has 1 aliphatic heterocycles. The molecule has 1 saturated heterocycles. The van der Waals surface area contributed by atoms with E-state index in [1.54, 1.807) is 0 Å². The summed E-state index contributed by atoms with van der Waals surface area (Å²) in [5.41, 5.74) is 1.24. The first kappa shape index (κ1) is 8.30. The number of esters is 1. The van der Waals surface area contributed by atoms with Crippen LogP contribution in [0, 0.1) is 0 Å². The maximum Gasteiger partial charge on any atom is 0.306 e. The summed E-state index contributed by atoms with van der Waals surface area (Å²) in [6.07, 6.45) is 2.41. The van der Waals surface area contributed by atoms with Gasteiger partial charge in [-0.1, -0.05) is 30.3 Å². The Labute approximate surface area is 77.5 Å². The molecule has 2 heteroatoms. The average Bonchev–Trinajstić information content (AvgIpc) is 2.53. The number of carbonyl (C=O) groups is 1. The topological polar surface area (TPSA) is 26.3 Å². The molecule has 13 heavy (non-hydrogen) atoms. The molecular formula is C11H12O2. The van der Waals surface area contributed by atoms with E-state index in [1.165, 1.54) is 5.56 Å². The minimum Gasteiger partial charge on any atom is -0.462 e. The van der Waals surface area contributed by atoms with Crippen molar-refractivity contribution < 1.29 is 9.53 Å². The van der Waals surface area contributed by atoms with E-state index < -0.39 is 0 Å². The number of hydrogen-bond acceptors (Lipinski definition) is 2. The highest BCUT2D eigenvalue weighted by molar-refractivity contribution is 5.71. The Balaban J connectivity index is 1.96. The van der Waals surface area contributed by atoms with Crippen LogP contribution in [-0.2, 0) is 16.0 Å². The largest absolute Gasteiger partial charge is 0.462 e. The van der Waals surface area contributed by atoms with E-state index in [4.69, 9.17) is 4.74 Å². The van der Waals surface area contributed by atoms with Crippen molar-refractivity contribution in [3.8, 4) is 0 Å². The Morgan fingerprint density at radius 1 is 1.31 bits per heavy atom. The summed E-state index contributed by atoms with van der Waals surface area (Å²) in [5, 5.41) is 0. The lowest BCUT2D eigenvalue weighted by atomic mass is 10.1. The fourth-order valence-corrected chi connectivity index (χ4v) is 1.60. The van der Waals surface area contributed by atoms with Gasteiger partial charge in [0.1, 0.15) is 6.10 Å². The Kier molecular flexibility index (Phi) is 2.30. The van der Waals surface area contributed by atoms with Crippen LogP contribution in [0.2, 0.25) is 0 Å². The van der Waals surface area contributed by atoms with Crippen LogP contribution in [0.5, 0.6) is 0 Å². The second-order valence-electron chi connectivity index (χ2n) is 3.34. The van der Waals surface area contributed by atoms with Crippen LogP contribution in [0.3, 0.4) is 0 Å². The van der Waals surface area contributed by atoms with Crippen LogP contribution >= 0.6 is 0 Å². The molecular weight excluding hydrogens is 165 g/mol. The number of carbonyl (C=O) groups excluding carboxylic acids is 1. The minimum absolute atomic E-state index is 0.0547. The van der Waals surface area contributed by atoms with Gasteiger partial charge in [0.25, 0.3) is 0 Å². The molecule has 68 valence electrons. The third-order valence-electron chi connectivity index (χ3n) is 2.27. The summed E-state index contributed by atoms with van der Waals surface area (Å²) in [6, 6.07) is 10.1. The molecule has 0 aliphatic carbocycles. The highest BCUT2D eigenvalue weighted by Gasteiger charge is 2.22. The standard InChI is InChI=1S/C11H12O2/c12-11-7-6-10(13-11)8-9-4-2-1-3-5-9/h1-5,10H,6-8H2/i12+1. The first-order valence-corrected chi connectivity index (χ1v) is 4.58. The molecule has 0 bridgehead atoms. The van der Waals surface area contributed by atoms with Crippen molar-refractivity contribution in [2.75, 3.05) is 0 Å². The van der Waals surface area contributed by atoms with Crippen LogP contribution < -0.4 is 0 Å². The van der Waals surface area contributed by atoms with E-state index >= 15 is 0 Å². The lowest BCUT2D eigenvalue weighted by Gasteiger charge is -2.08. The van der Waals surface area contributed by atoms with Crippen molar-refractivity contribution in [3.05, 3.63) is 35.9 Å². The molecule has 1 atom stereocenters. The highest BCUT2D eigenvalue weighted by atomic mass is 17.1. The zero-order valence-electron chi connectivity index (χ0n) is 7.40. The SMILES string of the molecule is [17O]=C1CCC(Cc2ccccc2)O1. The molecule has 0 spiro atoms. The van der Waals surface area contributed by atoms with Gasteiger partial charge in [-0.25, -0.2) is 0 Å². The Morgan fingerprint density at radius 3 is 2.69 bits per heavy atom. The van der Waals surface area contributed by atoms with Crippen molar-refractivity contribution in [1.29, 1.82) is 0 Å². The van der Waals surface area contributed by atoms with Gasteiger partial charge in [0.15, 0.2) is 0 Å². The first-order chi connectivity index (χ1) is 6.34. The Morgan fingerprint density at radius 2 is 2.08 bits per heavy atom. The number of cyclic esters (lactones) is 1. The van der Waals surface area contributed by atoms with Crippen molar-refractivity contribution in [3.63, 3.8) is 0 Å². The van der Waals surface area contributed by atoms with E-state index in [9.17, 15) is 4.79 Å². The summed E-state index contributed by atoms with van der Waals surface area (Å²) < 4.78 is 5.13. The molecule has 0 aromatic heterocycles. The van der Waals surface area contributed by atoms with E-state index in [-0.39, 0.29) is 12.1 Å². The van der Waals surface area contributed by atoms with Crippen molar-refractivity contribution in [1.82, 2.24) is 0 Å². The fraction of sp³-hybridized carbons (Fsp3) is 0.364. The predicted molar refractivity (Wildman–Crippen MR) is 49.3 cm³/mol. The summed E-state index contributed by atoms with van der Waals surface area (Å²) >= 11 is 0. The van der Waals surface area contributed by atoms with Gasteiger partial charge in [0, 0.05) is 12.8 Å². The zero-order chi connectivity index (χ0) is 9.10. The van der Waals surface area contributed by atoms with Crippen LogP contribution in [-0.4, -0.2) is 12.1 Å². The summed E-state index contributed by atoms with van der Waals surface area (Å²) in [5.74, 6) is -0.0547. The summed E-state index contributed by atoms with van der Waals surface area (Å²) in [4.78, 5) is 10.8. The van der Waals surface area contributed by atoms with E-state index in [0.717, 1.165) is 12.8 Å². The molecule has 1 aromatic carbocycles. The van der Waals surface area contributed by atoms with Crippen molar-refractivity contribution in [2.24, 2.45) is 0 Å². The lowest BCUT2D eigenvalue weighted by molar-refractivity contribution is -0.141. The van der Waals surface area contributed by atoms with Gasteiger partial charge >= 0.3 is 5.97 Å². The molecule has 1 heterocycles. The summed E-state index contributed by atoms with van der Waals surface area (Å²) in [6.45, 7) is 0. The van der Waals surface area contributed by atoms with Gasteiger partial charge in [-0.2, -0.15) is 0 Å². The van der Waals surface area contributed by atoms with Crippen molar-refractivity contribution in [2.45, 2.75) is 25.4 Å². The lowest BCUT2D eigenvalue weighted by Crippen LogP contribution is -2.09. The monoisotopic (exact) mass is 177 g/mol.